The summed E-state index contributed by atoms with van der Waals surface area (Å²) in [6, 6.07) is 5.78. The summed E-state index contributed by atoms with van der Waals surface area (Å²) >= 11 is 0. The van der Waals surface area contributed by atoms with E-state index in [-0.39, 0.29) is 29.9 Å². The Kier molecular flexibility index (Phi) is 4.63. The second-order valence-electron chi connectivity index (χ2n) is 7.43. The quantitative estimate of drug-likeness (QED) is 0.774. The molecule has 2 heterocycles. The highest BCUT2D eigenvalue weighted by atomic mass is 16.2. The van der Waals surface area contributed by atoms with Crippen LogP contribution in [0.15, 0.2) is 24.5 Å². The van der Waals surface area contributed by atoms with Crippen LogP contribution in [0, 0.1) is 0 Å². The second kappa shape index (κ2) is 7.07. The molecule has 0 spiro atoms. The van der Waals surface area contributed by atoms with E-state index in [0.717, 1.165) is 44.2 Å². The van der Waals surface area contributed by atoms with Crippen LogP contribution in [-0.2, 0) is 4.79 Å². The van der Waals surface area contributed by atoms with Gasteiger partial charge in [0.25, 0.3) is 5.91 Å². The third-order valence-corrected chi connectivity index (χ3v) is 5.63. The van der Waals surface area contributed by atoms with Gasteiger partial charge in [-0.2, -0.15) is 0 Å². The van der Waals surface area contributed by atoms with Gasteiger partial charge in [0.05, 0.1) is 23.4 Å². The highest BCUT2D eigenvalue weighted by Gasteiger charge is 2.32. The molecule has 26 heavy (non-hydrogen) atoms. The molecule has 7 heteroatoms. The minimum absolute atomic E-state index is 0.000842. The lowest BCUT2D eigenvalue weighted by Crippen LogP contribution is -2.45. The molecule has 2 aliphatic rings. The highest BCUT2D eigenvalue weighted by molar-refractivity contribution is 6.04. The number of aromatic amines is 1. The topological polar surface area (TPSA) is 90.1 Å². The fraction of sp³-hybridized carbons (Fsp3) is 0.526. The van der Waals surface area contributed by atoms with Crippen molar-refractivity contribution in [2.24, 2.45) is 0 Å². The van der Waals surface area contributed by atoms with Crippen molar-refractivity contribution in [3.8, 4) is 0 Å². The van der Waals surface area contributed by atoms with Crippen molar-refractivity contribution in [3.05, 3.63) is 30.1 Å². The lowest BCUT2D eigenvalue weighted by molar-refractivity contribution is -0.125. The molecule has 0 bridgehead atoms. The van der Waals surface area contributed by atoms with Crippen molar-refractivity contribution in [3.63, 3.8) is 0 Å². The number of nitrogens with zero attached hydrogens (tertiary/aromatic N) is 2. The van der Waals surface area contributed by atoms with Crippen molar-refractivity contribution in [1.82, 2.24) is 25.5 Å². The van der Waals surface area contributed by atoms with Crippen LogP contribution in [0.3, 0.4) is 0 Å². The Hall–Kier alpha value is -2.41. The summed E-state index contributed by atoms with van der Waals surface area (Å²) in [5.41, 5.74) is 2.14. The SMILES string of the molecule is CN1CCC[C@H]1C(=O)N[C@@H]1CC[C@H](NC(=O)c2cccc3[nH]cnc23)C1. The normalized spacial score (nSPS) is 26.3. The van der Waals surface area contributed by atoms with Crippen molar-refractivity contribution in [2.75, 3.05) is 13.6 Å². The third kappa shape index (κ3) is 3.31. The first-order valence-corrected chi connectivity index (χ1v) is 9.35. The van der Waals surface area contributed by atoms with E-state index in [9.17, 15) is 9.59 Å². The van der Waals surface area contributed by atoms with Gasteiger partial charge >= 0.3 is 0 Å². The average Bonchev–Trinajstić information content (AvgIpc) is 3.35. The Labute approximate surface area is 152 Å². The maximum Gasteiger partial charge on any atom is 0.253 e. The van der Waals surface area contributed by atoms with Crippen LogP contribution < -0.4 is 10.6 Å². The Bertz CT molecular complexity index is 817. The molecule has 1 aliphatic carbocycles. The molecule has 0 unspecified atom stereocenters. The molecule has 1 aliphatic heterocycles. The zero-order chi connectivity index (χ0) is 18.1. The number of benzene rings is 1. The Morgan fingerprint density at radius 2 is 2.00 bits per heavy atom. The zero-order valence-electron chi connectivity index (χ0n) is 15.0. The number of hydrogen-bond acceptors (Lipinski definition) is 4. The standard InChI is InChI=1S/C19H25N5O2/c1-24-9-3-6-16(24)19(26)23-13-8-7-12(10-13)22-18(25)14-4-2-5-15-17(14)21-11-20-15/h2,4-5,11-13,16H,3,6-10H2,1H3,(H,20,21)(H,22,25)(H,23,26)/t12-,13+,16-/m0/s1. The van der Waals surface area contributed by atoms with Crippen molar-refractivity contribution < 1.29 is 9.59 Å². The number of likely N-dealkylation sites (tertiary alicyclic amines) is 1. The smallest absolute Gasteiger partial charge is 0.253 e. The fourth-order valence-electron chi connectivity index (χ4n) is 4.19. The van der Waals surface area contributed by atoms with E-state index in [1.165, 1.54) is 0 Å². The lowest BCUT2D eigenvalue weighted by atomic mass is 10.1. The number of carbonyl (C=O) groups excluding carboxylic acids is 2. The van der Waals surface area contributed by atoms with E-state index in [1.54, 1.807) is 12.4 Å². The molecule has 1 saturated heterocycles. The van der Waals surface area contributed by atoms with Crippen LogP contribution in [0.1, 0.15) is 42.5 Å². The summed E-state index contributed by atoms with van der Waals surface area (Å²) in [5.74, 6) is 0.0264. The molecule has 138 valence electrons. The average molecular weight is 355 g/mol. The van der Waals surface area contributed by atoms with Gasteiger partial charge in [0.1, 0.15) is 5.52 Å². The Morgan fingerprint density at radius 3 is 2.77 bits per heavy atom. The predicted molar refractivity (Wildman–Crippen MR) is 98.8 cm³/mol. The summed E-state index contributed by atoms with van der Waals surface area (Å²) in [5, 5.41) is 6.27. The predicted octanol–water partition coefficient (Wildman–Crippen LogP) is 1.42. The van der Waals surface area contributed by atoms with E-state index in [1.807, 2.05) is 19.2 Å². The summed E-state index contributed by atoms with van der Waals surface area (Å²) < 4.78 is 0. The first kappa shape index (κ1) is 17.0. The van der Waals surface area contributed by atoms with Crippen molar-refractivity contribution in [1.29, 1.82) is 0 Å². The van der Waals surface area contributed by atoms with Gasteiger partial charge in [-0.3, -0.25) is 14.5 Å². The molecule has 1 saturated carbocycles. The summed E-state index contributed by atoms with van der Waals surface area (Å²) in [6.07, 6.45) is 6.18. The number of hydrogen-bond donors (Lipinski definition) is 3. The van der Waals surface area contributed by atoms with Gasteiger partial charge in [-0.25, -0.2) is 4.98 Å². The number of likely N-dealkylation sites (N-methyl/N-ethyl adjacent to an activating group) is 1. The summed E-state index contributed by atoms with van der Waals surface area (Å²) in [7, 11) is 2.00. The van der Waals surface area contributed by atoms with E-state index < -0.39 is 0 Å². The van der Waals surface area contributed by atoms with E-state index in [0.29, 0.717) is 11.1 Å². The Morgan fingerprint density at radius 1 is 1.19 bits per heavy atom. The van der Waals surface area contributed by atoms with Crippen LogP contribution in [0.5, 0.6) is 0 Å². The van der Waals surface area contributed by atoms with Crippen molar-refractivity contribution >= 4 is 22.8 Å². The number of nitrogens with one attached hydrogen (secondary N) is 3. The summed E-state index contributed by atoms with van der Waals surface area (Å²) in [4.78, 5) is 34.4. The highest BCUT2D eigenvalue weighted by Crippen LogP contribution is 2.22. The first-order chi connectivity index (χ1) is 12.6. The minimum atomic E-state index is -0.102. The number of H-pyrrole nitrogens is 1. The van der Waals surface area contributed by atoms with Crippen LogP contribution in [0.25, 0.3) is 11.0 Å². The summed E-state index contributed by atoms with van der Waals surface area (Å²) in [6.45, 7) is 0.986. The lowest BCUT2D eigenvalue weighted by Gasteiger charge is -2.21. The number of rotatable bonds is 4. The Balaban J connectivity index is 1.33. The van der Waals surface area contributed by atoms with E-state index >= 15 is 0 Å². The monoisotopic (exact) mass is 355 g/mol. The van der Waals surface area contributed by atoms with Crippen LogP contribution in [-0.4, -0.2) is 58.4 Å². The molecular formula is C19H25N5O2. The number of fused-ring (bicyclic) bond motifs is 1. The van der Waals surface area contributed by atoms with Gasteiger partial charge in [-0.15, -0.1) is 0 Å². The largest absolute Gasteiger partial charge is 0.352 e. The molecule has 2 amide bonds. The van der Waals surface area contributed by atoms with Gasteiger partial charge in [0.2, 0.25) is 5.91 Å². The molecule has 3 atom stereocenters. The number of imidazole rings is 1. The van der Waals surface area contributed by atoms with Gasteiger partial charge in [0.15, 0.2) is 0 Å². The molecule has 3 N–H and O–H groups in total. The maximum absolute atomic E-state index is 12.6. The number of para-hydroxylation sites is 1. The van der Waals surface area contributed by atoms with Gasteiger partial charge in [-0.05, 0) is 57.8 Å². The van der Waals surface area contributed by atoms with E-state index in [4.69, 9.17) is 0 Å². The molecule has 2 aromatic rings. The minimum Gasteiger partial charge on any atom is -0.352 e. The molecule has 2 fully saturated rings. The number of amides is 2. The first-order valence-electron chi connectivity index (χ1n) is 9.35. The van der Waals surface area contributed by atoms with Gasteiger partial charge < -0.3 is 15.6 Å². The third-order valence-electron chi connectivity index (χ3n) is 5.63. The van der Waals surface area contributed by atoms with Gasteiger partial charge in [-0.1, -0.05) is 6.07 Å². The van der Waals surface area contributed by atoms with Crippen LogP contribution >= 0.6 is 0 Å². The zero-order valence-corrected chi connectivity index (χ0v) is 15.0. The van der Waals surface area contributed by atoms with Crippen molar-refractivity contribution in [2.45, 2.75) is 50.2 Å². The van der Waals surface area contributed by atoms with Crippen LogP contribution in [0.4, 0.5) is 0 Å². The molecule has 0 radical (unpaired) electrons. The molecule has 4 rings (SSSR count). The van der Waals surface area contributed by atoms with Gasteiger partial charge in [0, 0.05) is 12.1 Å². The molecule has 1 aromatic heterocycles. The molecular weight excluding hydrogens is 330 g/mol. The number of aromatic nitrogens is 2. The molecule has 7 nitrogen and oxygen atoms in total. The molecule has 1 aromatic carbocycles. The second-order valence-corrected chi connectivity index (χ2v) is 7.43. The van der Waals surface area contributed by atoms with Crippen LogP contribution in [0.2, 0.25) is 0 Å². The number of carbonyl (C=O) groups is 2. The maximum atomic E-state index is 12.6. The fourth-order valence-corrected chi connectivity index (χ4v) is 4.19. The van der Waals surface area contributed by atoms with E-state index in [2.05, 4.69) is 25.5 Å².